The van der Waals surface area contributed by atoms with Gasteiger partial charge in [0.2, 0.25) is 11.8 Å². The van der Waals surface area contributed by atoms with E-state index in [-0.39, 0.29) is 41.5 Å². The molecule has 0 spiro atoms. The molecule has 44 heavy (non-hydrogen) atoms. The number of benzene rings is 1. The second kappa shape index (κ2) is 13.3. The summed E-state index contributed by atoms with van der Waals surface area (Å²) in [7, 11) is -4.32. The quantitative estimate of drug-likeness (QED) is 0.193. The number of halogens is 1. The lowest BCUT2D eigenvalue weighted by Crippen LogP contribution is -2.42. The maximum Gasteiger partial charge on any atom is 0.459 e. The smallest absolute Gasteiger partial charge is 0.459 e. The summed E-state index contributed by atoms with van der Waals surface area (Å²) >= 11 is 0. The van der Waals surface area contributed by atoms with Crippen molar-refractivity contribution in [2.75, 3.05) is 18.9 Å². The number of imidazole rings is 1. The molecule has 2 aliphatic rings. The highest BCUT2D eigenvalue weighted by atomic mass is 31.2. The summed E-state index contributed by atoms with van der Waals surface area (Å²) in [5.74, 6) is -0.402. The zero-order chi connectivity index (χ0) is 31.5. The summed E-state index contributed by atoms with van der Waals surface area (Å²) in [6.45, 7) is 4.18. The second-order valence-electron chi connectivity index (χ2n) is 11.0. The Hall–Kier alpha value is -3.36. The van der Waals surface area contributed by atoms with Crippen molar-refractivity contribution < 1.29 is 42.1 Å². The van der Waals surface area contributed by atoms with Gasteiger partial charge in [-0.1, -0.05) is 24.6 Å². The highest BCUT2D eigenvalue weighted by molar-refractivity contribution is 7.52. The van der Waals surface area contributed by atoms with E-state index < -0.39 is 50.5 Å². The molecule has 1 aliphatic carbocycles. The number of nitrogen functional groups attached to an aromatic ring is 1. The Morgan fingerprint density at radius 2 is 2.00 bits per heavy atom. The van der Waals surface area contributed by atoms with E-state index in [1.165, 1.54) is 24.7 Å². The molecule has 0 bridgehead atoms. The molecule has 2 fully saturated rings. The molecule has 6 atom stereocenters. The maximum atomic E-state index is 15.7. The van der Waals surface area contributed by atoms with Gasteiger partial charge in [-0.15, -0.1) is 0 Å². The molecule has 1 saturated heterocycles. The number of ether oxygens (including phenoxy) is 3. The fraction of sp³-hybridized carbons (Fsp3) is 0.571. The zero-order valence-corrected chi connectivity index (χ0v) is 25.7. The first-order valence-corrected chi connectivity index (χ1v) is 16.2. The molecular formula is C28H38FN6O8P. The molecule has 3 heterocycles. The first-order chi connectivity index (χ1) is 21.0. The third-order valence-corrected chi connectivity index (χ3v) is 9.19. The molecule has 240 valence electrons. The zero-order valence-electron chi connectivity index (χ0n) is 24.8. The third kappa shape index (κ3) is 6.97. The van der Waals surface area contributed by atoms with Crippen LogP contribution in [0.5, 0.6) is 11.6 Å². The topological polar surface area (TPSA) is 182 Å². The number of nitrogens with two attached hydrogens (primary N) is 1. The molecule has 2 aromatic heterocycles. The number of alkyl halides is 1. The summed E-state index contributed by atoms with van der Waals surface area (Å²) in [6, 6.07) is 7.12. The number of nitrogens with zero attached hydrogens (tertiary/aromatic N) is 4. The fourth-order valence-corrected chi connectivity index (χ4v) is 6.79. The number of esters is 1. The van der Waals surface area contributed by atoms with Gasteiger partial charge in [0.1, 0.15) is 29.6 Å². The molecule has 3 aromatic rings. The number of carbonyl (C=O) groups is 1. The molecule has 2 unspecified atom stereocenters. The van der Waals surface area contributed by atoms with Gasteiger partial charge >= 0.3 is 13.7 Å². The first kappa shape index (κ1) is 32.0. The van der Waals surface area contributed by atoms with Crippen LogP contribution in [0.25, 0.3) is 11.2 Å². The van der Waals surface area contributed by atoms with Gasteiger partial charge in [-0.3, -0.25) is 13.9 Å². The minimum Gasteiger partial charge on any atom is -0.476 e. The van der Waals surface area contributed by atoms with Crippen LogP contribution in [0, 0.1) is 0 Å². The number of anilines is 1. The van der Waals surface area contributed by atoms with Crippen molar-refractivity contribution in [3.05, 3.63) is 36.7 Å². The van der Waals surface area contributed by atoms with Crippen LogP contribution in [-0.4, -0.2) is 73.8 Å². The lowest BCUT2D eigenvalue weighted by molar-refractivity contribution is -0.152. The number of carbonyl (C=O) groups excluding carboxylic acids is 1. The molecule has 16 heteroatoms. The van der Waals surface area contributed by atoms with Crippen LogP contribution in [0.4, 0.5) is 10.3 Å². The van der Waals surface area contributed by atoms with Crippen LogP contribution in [0.1, 0.15) is 59.1 Å². The van der Waals surface area contributed by atoms with Crippen molar-refractivity contribution in [3.8, 4) is 11.6 Å². The number of rotatable bonds is 12. The van der Waals surface area contributed by atoms with Crippen molar-refractivity contribution in [1.82, 2.24) is 24.6 Å². The van der Waals surface area contributed by atoms with Crippen molar-refractivity contribution in [3.63, 3.8) is 0 Å². The number of aromatic nitrogens is 4. The number of para-hydroxylation sites is 1. The Kier molecular flexibility index (Phi) is 9.71. The van der Waals surface area contributed by atoms with Gasteiger partial charge in [0, 0.05) is 0 Å². The van der Waals surface area contributed by atoms with Gasteiger partial charge in [0.05, 0.1) is 19.5 Å². The fourth-order valence-electron chi connectivity index (χ4n) is 5.29. The Bertz CT molecular complexity index is 1490. The second-order valence-corrected chi connectivity index (χ2v) is 12.7. The Morgan fingerprint density at radius 3 is 2.70 bits per heavy atom. The Morgan fingerprint density at radius 1 is 1.27 bits per heavy atom. The molecule has 1 aromatic carbocycles. The summed E-state index contributed by atoms with van der Waals surface area (Å²) in [4.78, 5) is 25.3. The number of hydrogen-bond acceptors (Lipinski definition) is 12. The third-order valence-electron chi connectivity index (χ3n) is 7.55. The van der Waals surface area contributed by atoms with Crippen LogP contribution in [0.2, 0.25) is 0 Å². The first-order valence-electron chi connectivity index (χ1n) is 14.6. The van der Waals surface area contributed by atoms with Gasteiger partial charge in [0.25, 0.3) is 0 Å². The Labute approximate surface area is 254 Å². The van der Waals surface area contributed by atoms with Gasteiger partial charge < -0.3 is 29.6 Å². The molecule has 0 amide bonds. The van der Waals surface area contributed by atoms with Crippen molar-refractivity contribution in [1.29, 1.82) is 0 Å². The van der Waals surface area contributed by atoms with Crippen LogP contribution in [0.3, 0.4) is 0 Å². The van der Waals surface area contributed by atoms with E-state index in [0.29, 0.717) is 0 Å². The van der Waals surface area contributed by atoms with E-state index >= 15 is 4.39 Å². The predicted molar refractivity (Wildman–Crippen MR) is 157 cm³/mol. The summed E-state index contributed by atoms with van der Waals surface area (Å²) in [6.07, 6.45) is 0.926. The summed E-state index contributed by atoms with van der Waals surface area (Å²) < 4.78 is 59.4. The normalized spacial score (nSPS) is 26.2. The molecule has 14 nitrogen and oxygen atoms in total. The van der Waals surface area contributed by atoms with Gasteiger partial charge in [0.15, 0.2) is 23.6 Å². The van der Waals surface area contributed by atoms with E-state index in [2.05, 4.69) is 20.0 Å². The molecule has 1 aliphatic heterocycles. The lowest BCUT2D eigenvalue weighted by atomic mass is 9.98. The maximum absolute atomic E-state index is 15.7. The molecule has 5 rings (SSSR count). The summed E-state index contributed by atoms with van der Waals surface area (Å²) in [5, 5.41) is 13.8. The summed E-state index contributed by atoms with van der Waals surface area (Å²) in [5.41, 5.74) is 4.16. The molecule has 0 radical (unpaired) electrons. The number of fused-ring (bicyclic) bond motifs is 1. The number of nitrogens with one attached hydrogen (secondary N) is 1. The molecular weight excluding hydrogens is 598 g/mol. The standard InChI is InChI=1S/C28H38FN6O8P/c1-4-39-24-21-23(32-27(30)33-24)35(16-31-21)26-28(3,37)22(29)20(42-26)15-40-44(38,43-19-13-9-6-10-14-19)34-17(2)25(36)41-18-11-7-5-8-12-18/h6,9-10,13-14,16-18,20,22,26,37H,4-5,7-8,11-12,15H2,1-3H3,(H,34,38)(H2,30,32,33)/t17?,20-,22-,26-,28-,44?/m1/s1. The average Bonchev–Trinajstić information content (AvgIpc) is 3.50. The highest BCUT2D eigenvalue weighted by Crippen LogP contribution is 2.48. The van der Waals surface area contributed by atoms with Crippen LogP contribution in [-0.2, 0) is 23.4 Å². The predicted octanol–water partition coefficient (Wildman–Crippen LogP) is 3.85. The number of hydrogen-bond donors (Lipinski definition) is 3. The van der Waals surface area contributed by atoms with E-state index in [0.717, 1.165) is 32.1 Å². The SMILES string of the molecule is CCOc1nc(N)nc2c1ncn2[C@@H]1O[C@H](COP(=O)(NC(C)C(=O)OC2CCCCC2)Oc2ccccc2)[C@@H](F)[C@@]1(C)O. The van der Waals surface area contributed by atoms with Crippen LogP contribution < -0.4 is 20.1 Å². The van der Waals surface area contributed by atoms with Gasteiger partial charge in [-0.2, -0.15) is 15.1 Å². The van der Waals surface area contributed by atoms with E-state index in [1.807, 2.05) is 0 Å². The Balaban J connectivity index is 1.33. The van der Waals surface area contributed by atoms with Crippen molar-refractivity contribution in [2.45, 2.75) is 89.1 Å². The van der Waals surface area contributed by atoms with Gasteiger partial charge in [-0.05, 0) is 58.6 Å². The average molecular weight is 637 g/mol. The monoisotopic (exact) mass is 636 g/mol. The van der Waals surface area contributed by atoms with Crippen molar-refractivity contribution >= 4 is 30.8 Å². The van der Waals surface area contributed by atoms with Gasteiger partial charge in [-0.25, -0.2) is 13.9 Å². The van der Waals surface area contributed by atoms with Crippen molar-refractivity contribution in [2.24, 2.45) is 0 Å². The highest BCUT2D eigenvalue weighted by Gasteiger charge is 2.55. The minimum absolute atomic E-state index is 0.113. The lowest BCUT2D eigenvalue weighted by Gasteiger charge is -2.27. The van der Waals surface area contributed by atoms with Crippen LogP contribution >= 0.6 is 7.75 Å². The van der Waals surface area contributed by atoms with E-state index in [1.54, 1.807) is 37.3 Å². The van der Waals surface area contributed by atoms with Crippen LogP contribution in [0.15, 0.2) is 36.7 Å². The van der Waals surface area contributed by atoms with E-state index in [9.17, 15) is 14.5 Å². The minimum atomic E-state index is -4.32. The molecule has 4 N–H and O–H groups in total. The largest absolute Gasteiger partial charge is 0.476 e. The number of aliphatic hydroxyl groups is 1. The van der Waals surface area contributed by atoms with E-state index in [4.69, 9.17) is 29.0 Å². The molecule has 1 saturated carbocycles.